The van der Waals surface area contributed by atoms with Crippen molar-refractivity contribution < 1.29 is 8.78 Å². The SMILES string of the molecule is C=C(C)CC(N)(C#N)C(F)F. The summed E-state index contributed by atoms with van der Waals surface area (Å²) in [6.07, 6.45) is -2.99. The van der Waals surface area contributed by atoms with E-state index in [9.17, 15) is 8.78 Å². The molecular weight excluding hydrogens is 150 g/mol. The molecule has 0 aromatic heterocycles. The molecule has 0 aliphatic rings. The first-order valence-electron chi connectivity index (χ1n) is 3.05. The fraction of sp³-hybridized carbons (Fsp3) is 0.571. The van der Waals surface area contributed by atoms with Gasteiger partial charge >= 0.3 is 0 Å². The Morgan fingerprint density at radius 3 is 2.36 bits per heavy atom. The minimum absolute atomic E-state index is 0.166. The lowest BCUT2D eigenvalue weighted by molar-refractivity contribution is 0.0832. The van der Waals surface area contributed by atoms with Crippen molar-refractivity contribution in [2.45, 2.75) is 25.3 Å². The van der Waals surface area contributed by atoms with Crippen molar-refractivity contribution in [3.8, 4) is 6.07 Å². The Kier molecular flexibility index (Phi) is 3.15. The quantitative estimate of drug-likeness (QED) is 0.635. The molecule has 0 amide bonds. The number of hydrogen-bond acceptors (Lipinski definition) is 2. The Morgan fingerprint density at radius 1 is 1.82 bits per heavy atom. The molecule has 1 atom stereocenters. The molecule has 0 heterocycles. The number of alkyl halides is 2. The van der Waals surface area contributed by atoms with E-state index >= 15 is 0 Å². The zero-order valence-electron chi connectivity index (χ0n) is 6.27. The van der Waals surface area contributed by atoms with Crippen LogP contribution in [0.25, 0.3) is 0 Å². The number of hydrogen-bond donors (Lipinski definition) is 1. The number of nitrogens with two attached hydrogens (primary N) is 1. The average molecular weight is 160 g/mol. The third-order valence-corrected chi connectivity index (χ3v) is 1.19. The molecule has 62 valence electrons. The lowest BCUT2D eigenvalue weighted by Crippen LogP contribution is -2.45. The van der Waals surface area contributed by atoms with Crippen molar-refractivity contribution in [2.24, 2.45) is 5.73 Å². The van der Waals surface area contributed by atoms with Crippen LogP contribution in [0.15, 0.2) is 12.2 Å². The molecule has 0 saturated heterocycles. The molecule has 0 fully saturated rings. The molecule has 0 aromatic rings. The van der Waals surface area contributed by atoms with Gasteiger partial charge in [0.25, 0.3) is 6.43 Å². The Bertz CT molecular complexity index is 195. The Balaban J connectivity index is 4.38. The Morgan fingerprint density at radius 2 is 2.27 bits per heavy atom. The Hall–Kier alpha value is -0.950. The first-order chi connectivity index (χ1) is 4.92. The van der Waals surface area contributed by atoms with Gasteiger partial charge in [0.15, 0.2) is 5.54 Å². The standard InChI is InChI=1S/C7H10F2N2/c1-5(2)3-7(11,4-10)6(8)9/h6H,1,3,11H2,2H3. The second kappa shape index (κ2) is 3.44. The molecule has 0 bridgehead atoms. The maximum Gasteiger partial charge on any atom is 0.269 e. The highest BCUT2D eigenvalue weighted by atomic mass is 19.3. The summed E-state index contributed by atoms with van der Waals surface area (Å²) in [5.74, 6) is 0. The van der Waals surface area contributed by atoms with Crippen molar-refractivity contribution in [1.29, 1.82) is 5.26 Å². The van der Waals surface area contributed by atoms with Gasteiger partial charge in [0.05, 0.1) is 6.07 Å². The molecule has 0 aromatic carbocycles. The van der Waals surface area contributed by atoms with E-state index in [2.05, 4.69) is 6.58 Å². The molecule has 0 aliphatic carbocycles. The highest BCUT2D eigenvalue weighted by Gasteiger charge is 2.35. The van der Waals surface area contributed by atoms with E-state index in [-0.39, 0.29) is 6.42 Å². The molecule has 11 heavy (non-hydrogen) atoms. The van der Waals surface area contributed by atoms with E-state index in [0.29, 0.717) is 5.57 Å². The zero-order valence-corrected chi connectivity index (χ0v) is 6.27. The maximum absolute atomic E-state index is 12.1. The summed E-state index contributed by atoms with van der Waals surface area (Å²) in [5, 5.41) is 8.31. The predicted octanol–water partition coefficient (Wildman–Crippen LogP) is 1.44. The second-order valence-corrected chi connectivity index (χ2v) is 2.59. The molecule has 4 heteroatoms. The van der Waals surface area contributed by atoms with Crippen molar-refractivity contribution in [1.82, 2.24) is 0 Å². The van der Waals surface area contributed by atoms with Gasteiger partial charge in [-0.15, -0.1) is 6.58 Å². The van der Waals surface area contributed by atoms with E-state index in [1.807, 2.05) is 0 Å². The van der Waals surface area contributed by atoms with Crippen LogP contribution in [0.4, 0.5) is 8.78 Å². The highest BCUT2D eigenvalue weighted by Crippen LogP contribution is 2.19. The molecule has 1 unspecified atom stereocenters. The van der Waals surface area contributed by atoms with E-state index in [4.69, 9.17) is 11.0 Å². The fourth-order valence-corrected chi connectivity index (χ4v) is 0.665. The summed E-state index contributed by atoms with van der Waals surface area (Å²) in [6, 6.07) is 1.38. The summed E-state index contributed by atoms with van der Waals surface area (Å²) >= 11 is 0. The molecule has 0 rings (SSSR count). The van der Waals surface area contributed by atoms with Crippen molar-refractivity contribution in [3.63, 3.8) is 0 Å². The number of halogens is 2. The van der Waals surface area contributed by atoms with Crippen LogP contribution in [0.5, 0.6) is 0 Å². The summed E-state index contributed by atoms with van der Waals surface area (Å²) in [5.41, 5.74) is 3.49. The maximum atomic E-state index is 12.1. The topological polar surface area (TPSA) is 49.8 Å². The summed E-state index contributed by atoms with van der Waals surface area (Å²) in [7, 11) is 0. The lowest BCUT2D eigenvalue weighted by Gasteiger charge is -2.19. The van der Waals surface area contributed by atoms with Crippen molar-refractivity contribution >= 4 is 0 Å². The van der Waals surface area contributed by atoms with E-state index in [0.717, 1.165) is 0 Å². The largest absolute Gasteiger partial charge is 0.308 e. The van der Waals surface area contributed by atoms with Gasteiger partial charge < -0.3 is 5.73 Å². The van der Waals surface area contributed by atoms with Crippen LogP contribution in [-0.2, 0) is 0 Å². The Labute approximate surface area is 64.3 Å². The first-order valence-corrected chi connectivity index (χ1v) is 3.05. The van der Waals surface area contributed by atoms with Gasteiger partial charge in [-0.1, -0.05) is 5.57 Å². The van der Waals surface area contributed by atoms with Gasteiger partial charge in [0.1, 0.15) is 0 Å². The van der Waals surface area contributed by atoms with Crippen molar-refractivity contribution in [3.05, 3.63) is 12.2 Å². The zero-order chi connectivity index (χ0) is 9.07. The van der Waals surface area contributed by atoms with Crippen molar-refractivity contribution in [2.75, 3.05) is 0 Å². The molecule has 0 aliphatic heterocycles. The monoisotopic (exact) mass is 160 g/mol. The van der Waals surface area contributed by atoms with Crippen LogP contribution in [0.3, 0.4) is 0 Å². The second-order valence-electron chi connectivity index (χ2n) is 2.59. The fourth-order valence-electron chi connectivity index (χ4n) is 0.665. The van der Waals surface area contributed by atoms with Crippen LogP contribution < -0.4 is 5.73 Å². The smallest absolute Gasteiger partial charge is 0.269 e. The summed E-state index contributed by atoms with van der Waals surface area (Å²) in [4.78, 5) is 0. The molecular formula is C7H10F2N2. The van der Waals surface area contributed by atoms with Gasteiger partial charge in [0, 0.05) is 6.42 Å². The summed E-state index contributed by atoms with van der Waals surface area (Å²) < 4.78 is 24.1. The number of rotatable bonds is 3. The van der Waals surface area contributed by atoms with Gasteiger partial charge in [-0.2, -0.15) is 5.26 Å². The molecule has 2 N–H and O–H groups in total. The summed E-state index contributed by atoms with van der Waals surface area (Å²) in [6.45, 7) is 4.96. The average Bonchev–Trinajstić information content (AvgIpc) is 1.86. The minimum atomic E-state index is -2.83. The van der Waals surface area contributed by atoms with Crippen LogP contribution in [0.2, 0.25) is 0 Å². The first kappa shape index (κ1) is 10.0. The van der Waals surface area contributed by atoms with Crippen LogP contribution >= 0.6 is 0 Å². The normalized spacial score (nSPS) is 15.6. The van der Waals surface area contributed by atoms with E-state index in [1.54, 1.807) is 6.92 Å². The third kappa shape index (κ3) is 2.64. The van der Waals surface area contributed by atoms with Crippen LogP contribution in [-0.4, -0.2) is 12.0 Å². The van der Waals surface area contributed by atoms with Gasteiger partial charge in [-0.25, -0.2) is 8.78 Å². The molecule has 2 nitrogen and oxygen atoms in total. The minimum Gasteiger partial charge on any atom is -0.308 e. The van der Waals surface area contributed by atoms with E-state index < -0.39 is 12.0 Å². The molecule has 0 radical (unpaired) electrons. The highest BCUT2D eigenvalue weighted by molar-refractivity contribution is 5.13. The van der Waals surface area contributed by atoms with Gasteiger partial charge in [0.2, 0.25) is 0 Å². The van der Waals surface area contributed by atoms with Gasteiger partial charge in [-0.05, 0) is 6.92 Å². The number of nitriles is 1. The van der Waals surface area contributed by atoms with Crippen LogP contribution in [0, 0.1) is 11.3 Å². The molecule has 0 spiro atoms. The van der Waals surface area contributed by atoms with Gasteiger partial charge in [-0.3, -0.25) is 0 Å². The third-order valence-electron chi connectivity index (χ3n) is 1.19. The lowest BCUT2D eigenvalue weighted by atomic mass is 9.95. The van der Waals surface area contributed by atoms with E-state index in [1.165, 1.54) is 6.07 Å². The number of nitrogens with zero attached hydrogens (tertiary/aromatic N) is 1. The molecule has 0 saturated carbocycles. The predicted molar refractivity (Wildman–Crippen MR) is 38.0 cm³/mol. The van der Waals surface area contributed by atoms with Crippen LogP contribution in [0.1, 0.15) is 13.3 Å².